The molecule has 5 heteroatoms. The standard InChI is InChI=1S/C15H18F2N2O/c1-14(8-15(16,17)9-14)13(20)19-12-4-2-3-10-7-18-6-5-11(10)12/h5-7,12H,2-4,8-9H2,1H3,(H,19,20). The van der Waals surface area contributed by atoms with Crippen LogP contribution in [0.15, 0.2) is 18.5 Å². The van der Waals surface area contributed by atoms with E-state index in [1.807, 2.05) is 12.3 Å². The van der Waals surface area contributed by atoms with Gasteiger partial charge in [-0.15, -0.1) is 0 Å². The normalized spacial score (nSPS) is 26.2. The Balaban J connectivity index is 1.72. The highest BCUT2D eigenvalue weighted by Crippen LogP contribution is 2.52. The number of rotatable bonds is 2. The molecule has 3 rings (SSSR count). The lowest BCUT2D eigenvalue weighted by atomic mass is 9.66. The molecule has 0 bridgehead atoms. The van der Waals surface area contributed by atoms with E-state index in [1.54, 1.807) is 13.1 Å². The fourth-order valence-electron chi connectivity index (χ4n) is 3.37. The molecule has 0 radical (unpaired) electrons. The lowest BCUT2D eigenvalue weighted by molar-refractivity contribution is -0.175. The molecular weight excluding hydrogens is 262 g/mol. The van der Waals surface area contributed by atoms with Crippen LogP contribution in [0.4, 0.5) is 8.78 Å². The number of carbonyl (C=O) groups excluding carboxylic acids is 1. The van der Waals surface area contributed by atoms with Crippen molar-refractivity contribution in [2.24, 2.45) is 5.41 Å². The Bertz CT molecular complexity index is 536. The van der Waals surface area contributed by atoms with E-state index in [0.29, 0.717) is 0 Å². The smallest absolute Gasteiger partial charge is 0.250 e. The number of hydrogen-bond acceptors (Lipinski definition) is 2. The molecule has 1 unspecified atom stereocenters. The van der Waals surface area contributed by atoms with Crippen LogP contribution in [0.3, 0.4) is 0 Å². The van der Waals surface area contributed by atoms with Crippen LogP contribution in [0.1, 0.15) is 49.8 Å². The first-order chi connectivity index (χ1) is 9.40. The zero-order valence-electron chi connectivity index (χ0n) is 11.5. The van der Waals surface area contributed by atoms with Gasteiger partial charge in [-0.05, 0) is 36.5 Å². The summed E-state index contributed by atoms with van der Waals surface area (Å²) in [6.07, 6.45) is 5.65. The molecule has 20 heavy (non-hydrogen) atoms. The number of hydrogen-bond donors (Lipinski definition) is 1. The van der Waals surface area contributed by atoms with Crippen molar-refractivity contribution in [2.45, 2.75) is 51.0 Å². The second-order valence-electron chi connectivity index (χ2n) is 6.26. The van der Waals surface area contributed by atoms with Gasteiger partial charge in [-0.3, -0.25) is 9.78 Å². The van der Waals surface area contributed by atoms with Crippen molar-refractivity contribution in [1.29, 1.82) is 0 Å². The summed E-state index contributed by atoms with van der Waals surface area (Å²) >= 11 is 0. The van der Waals surface area contributed by atoms with E-state index >= 15 is 0 Å². The number of fused-ring (bicyclic) bond motifs is 1. The molecule has 0 spiro atoms. The molecule has 1 aromatic rings. The van der Waals surface area contributed by atoms with Gasteiger partial charge >= 0.3 is 0 Å². The molecule has 0 saturated heterocycles. The second kappa shape index (κ2) is 4.50. The second-order valence-corrected chi connectivity index (χ2v) is 6.26. The van der Waals surface area contributed by atoms with Gasteiger partial charge in [0.15, 0.2) is 0 Å². The van der Waals surface area contributed by atoms with E-state index in [-0.39, 0.29) is 24.8 Å². The molecule has 108 valence electrons. The molecule has 1 amide bonds. The van der Waals surface area contributed by atoms with Gasteiger partial charge in [0.2, 0.25) is 11.8 Å². The summed E-state index contributed by atoms with van der Waals surface area (Å²) in [5.74, 6) is -2.93. The van der Waals surface area contributed by atoms with E-state index in [4.69, 9.17) is 0 Å². The van der Waals surface area contributed by atoms with Crippen molar-refractivity contribution in [2.75, 3.05) is 0 Å². The van der Waals surface area contributed by atoms with Crippen molar-refractivity contribution in [3.8, 4) is 0 Å². The van der Waals surface area contributed by atoms with E-state index in [1.165, 1.54) is 0 Å². The highest BCUT2D eigenvalue weighted by molar-refractivity contribution is 5.84. The molecule has 1 aromatic heterocycles. The molecule has 1 heterocycles. The molecule has 3 nitrogen and oxygen atoms in total. The van der Waals surface area contributed by atoms with Gasteiger partial charge in [-0.25, -0.2) is 8.78 Å². The van der Waals surface area contributed by atoms with E-state index in [0.717, 1.165) is 30.4 Å². The van der Waals surface area contributed by atoms with Crippen LogP contribution < -0.4 is 5.32 Å². The number of nitrogens with one attached hydrogen (secondary N) is 1. The lowest BCUT2D eigenvalue weighted by Crippen LogP contribution is -2.54. The number of pyridine rings is 1. The number of nitrogens with zero attached hydrogens (tertiary/aromatic N) is 1. The van der Waals surface area contributed by atoms with E-state index in [2.05, 4.69) is 10.3 Å². The number of aryl methyl sites for hydroxylation is 1. The zero-order chi connectivity index (χ0) is 14.4. The summed E-state index contributed by atoms with van der Waals surface area (Å²) in [6.45, 7) is 1.62. The quantitative estimate of drug-likeness (QED) is 0.904. The Morgan fingerprint density at radius 1 is 1.45 bits per heavy atom. The van der Waals surface area contributed by atoms with Crippen molar-refractivity contribution in [1.82, 2.24) is 10.3 Å². The molecule has 2 aliphatic rings. The van der Waals surface area contributed by atoms with Crippen LogP contribution in [-0.2, 0) is 11.2 Å². The van der Waals surface area contributed by atoms with Gasteiger partial charge in [-0.2, -0.15) is 0 Å². The highest BCUT2D eigenvalue weighted by atomic mass is 19.3. The molecule has 1 N–H and O–H groups in total. The Kier molecular flexibility index (Phi) is 3.03. The van der Waals surface area contributed by atoms with Gasteiger partial charge in [0.1, 0.15) is 0 Å². The summed E-state index contributed by atoms with van der Waals surface area (Å²) in [5, 5.41) is 2.96. The minimum atomic E-state index is -2.68. The van der Waals surface area contributed by atoms with Crippen molar-refractivity contribution >= 4 is 5.91 Å². The number of halogens is 2. The SMILES string of the molecule is CC1(C(=O)NC2CCCc3cnccc32)CC(F)(F)C1. The molecular formula is C15H18F2N2O. The van der Waals surface area contributed by atoms with Gasteiger partial charge in [-0.1, -0.05) is 6.92 Å². The van der Waals surface area contributed by atoms with Gasteiger partial charge in [0.05, 0.1) is 11.5 Å². The first-order valence-corrected chi connectivity index (χ1v) is 7.01. The third-order valence-corrected chi connectivity index (χ3v) is 4.41. The molecule has 1 atom stereocenters. The van der Waals surface area contributed by atoms with Crippen LogP contribution >= 0.6 is 0 Å². The van der Waals surface area contributed by atoms with Crippen LogP contribution in [0.5, 0.6) is 0 Å². The summed E-state index contributed by atoms with van der Waals surface area (Å²) in [7, 11) is 0. The maximum Gasteiger partial charge on any atom is 0.250 e. The Morgan fingerprint density at radius 3 is 2.90 bits per heavy atom. The Labute approximate surface area is 116 Å². The monoisotopic (exact) mass is 280 g/mol. The molecule has 1 fully saturated rings. The van der Waals surface area contributed by atoms with Crippen molar-refractivity contribution in [3.63, 3.8) is 0 Å². The maximum atomic E-state index is 13.0. The maximum absolute atomic E-state index is 13.0. The number of alkyl halides is 2. The number of carbonyl (C=O) groups is 1. The van der Waals surface area contributed by atoms with Crippen LogP contribution in [0.2, 0.25) is 0 Å². The average Bonchev–Trinajstić information content (AvgIpc) is 2.36. The molecule has 0 aliphatic heterocycles. The predicted octanol–water partition coefficient (Wildman–Crippen LogP) is 3.01. The summed E-state index contributed by atoms with van der Waals surface area (Å²) in [5.41, 5.74) is 1.30. The summed E-state index contributed by atoms with van der Waals surface area (Å²) in [6, 6.07) is 1.84. The highest BCUT2D eigenvalue weighted by Gasteiger charge is 2.57. The third kappa shape index (κ3) is 2.30. The first-order valence-electron chi connectivity index (χ1n) is 7.01. The van der Waals surface area contributed by atoms with Crippen molar-refractivity contribution < 1.29 is 13.6 Å². The van der Waals surface area contributed by atoms with Crippen LogP contribution in [0, 0.1) is 5.41 Å². The molecule has 0 aromatic carbocycles. The fourth-order valence-corrected chi connectivity index (χ4v) is 3.37. The fraction of sp³-hybridized carbons (Fsp3) is 0.600. The van der Waals surface area contributed by atoms with Gasteiger partial charge in [0, 0.05) is 25.2 Å². The lowest BCUT2D eigenvalue weighted by Gasteiger charge is -2.44. The van der Waals surface area contributed by atoms with Crippen molar-refractivity contribution in [3.05, 3.63) is 29.6 Å². The van der Waals surface area contributed by atoms with Crippen LogP contribution in [0.25, 0.3) is 0 Å². The topological polar surface area (TPSA) is 42.0 Å². The van der Waals surface area contributed by atoms with Gasteiger partial charge < -0.3 is 5.32 Å². The third-order valence-electron chi connectivity index (χ3n) is 4.41. The average molecular weight is 280 g/mol. The minimum Gasteiger partial charge on any atom is -0.349 e. The Hall–Kier alpha value is -1.52. The summed E-state index contributed by atoms with van der Waals surface area (Å²) < 4.78 is 26.0. The Morgan fingerprint density at radius 2 is 2.20 bits per heavy atom. The largest absolute Gasteiger partial charge is 0.349 e. The van der Waals surface area contributed by atoms with E-state index < -0.39 is 11.3 Å². The molecule has 2 aliphatic carbocycles. The minimum absolute atomic E-state index is 0.0692. The number of amides is 1. The van der Waals surface area contributed by atoms with Crippen LogP contribution in [-0.4, -0.2) is 16.8 Å². The zero-order valence-corrected chi connectivity index (χ0v) is 11.5. The van der Waals surface area contributed by atoms with E-state index in [9.17, 15) is 13.6 Å². The predicted molar refractivity (Wildman–Crippen MR) is 70.3 cm³/mol. The summed E-state index contributed by atoms with van der Waals surface area (Å²) in [4.78, 5) is 16.3. The number of aromatic nitrogens is 1. The first kappa shape index (κ1) is 13.5. The molecule has 1 saturated carbocycles. The van der Waals surface area contributed by atoms with Gasteiger partial charge in [0.25, 0.3) is 0 Å².